The van der Waals surface area contributed by atoms with E-state index < -0.39 is 12.0 Å². The van der Waals surface area contributed by atoms with E-state index in [1.807, 2.05) is 18.2 Å². The Morgan fingerprint density at radius 2 is 2.14 bits per heavy atom. The molecule has 0 aromatic heterocycles. The van der Waals surface area contributed by atoms with E-state index in [-0.39, 0.29) is 0 Å². The fourth-order valence-electron chi connectivity index (χ4n) is 0.903. The average molecular weight is 323 g/mol. The van der Waals surface area contributed by atoms with Crippen molar-refractivity contribution in [2.24, 2.45) is 0 Å². The maximum absolute atomic E-state index is 10.6. The van der Waals surface area contributed by atoms with Gasteiger partial charge in [-0.3, -0.25) is 4.79 Å². The van der Waals surface area contributed by atoms with Crippen molar-refractivity contribution in [3.63, 3.8) is 0 Å². The van der Waals surface area contributed by atoms with Gasteiger partial charge in [0.15, 0.2) is 0 Å². The number of rotatable bonds is 3. The predicted molar refractivity (Wildman–Crippen MR) is 62.6 cm³/mol. The second-order valence-corrected chi connectivity index (χ2v) is 4.60. The predicted octanol–water partition coefficient (Wildman–Crippen LogP) is 3.10. The maximum atomic E-state index is 10.6. The Balaban J connectivity index is 2.85. The highest BCUT2D eigenvalue weighted by atomic mass is 79.9. The molecule has 0 fully saturated rings. The van der Waals surface area contributed by atoms with Gasteiger partial charge in [0, 0.05) is 8.95 Å². The van der Waals surface area contributed by atoms with Crippen LogP contribution in [0, 0.1) is 0 Å². The van der Waals surface area contributed by atoms with E-state index in [4.69, 9.17) is 5.11 Å². The summed E-state index contributed by atoms with van der Waals surface area (Å²) in [6.07, 6.45) is 0. The van der Waals surface area contributed by atoms with Crippen molar-refractivity contribution in [2.75, 3.05) is 5.32 Å². The van der Waals surface area contributed by atoms with Gasteiger partial charge in [0.25, 0.3) is 0 Å². The van der Waals surface area contributed by atoms with Crippen molar-refractivity contribution in [1.82, 2.24) is 0 Å². The van der Waals surface area contributed by atoms with Gasteiger partial charge in [-0.25, -0.2) is 0 Å². The zero-order valence-corrected chi connectivity index (χ0v) is 10.6. The Labute approximate surface area is 98.8 Å². The van der Waals surface area contributed by atoms with E-state index in [9.17, 15) is 4.79 Å². The number of anilines is 1. The molecular formula is C9H9Br2NO2. The maximum Gasteiger partial charge on any atom is 0.325 e. The summed E-state index contributed by atoms with van der Waals surface area (Å²) < 4.78 is 1.74. The Kier molecular flexibility index (Phi) is 3.95. The third kappa shape index (κ3) is 2.99. The molecule has 2 N–H and O–H groups in total. The van der Waals surface area contributed by atoms with Crippen molar-refractivity contribution in [1.29, 1.82) is 0 Å². The van der Waals surface area contributed by atoms with E-state index >= 15 is 0 Å². The number of halogens is 2. The zero-order chi connectivity index (χ0) is 10.7. The normalized spacial score (nSPS) is 12.2. The van der Waals surface area contributed by atoms with Crippen LogP contribution in [-0.4, -0.2) is 17.1 Å². The third-order valence-electron chi connectivity index (χ3n) is 1.67. The summed E-state index contributed by atoms with van der Waals surface area (Å²) >= 11 is 6.65. The van der Waals surface area contributed by atoms with Gasteiger partial charge in [-0.2, -0.15) is 0 Å². The molecule has 0 aliphatic carbocycles. The van der Waals surface area contributed by atoms with Crippen LogP contribution in [0.4, 0.5) is 5.69 Å². The average Bonchev–Trinajstić information content (AvgIpc) is 2.11. The van der Waals surface area contributed by atoms with Gasteiger partial charge >= 0.3 is 5.97 Å². The van der Waals surface area contributed by atoms with Crippen LogP contribution in [0.3, 0.4) is 0 Å². The van der Waals surface area contributed by atoms with Crippen molar-refractivity contribution < 1.29 is 9.90 Å². The van der Waals surface area contributed by atoms with Crippen molar-refractivity contribution in [2.45, 2.75) is 13.0 Å². The Morgan fingerprint density at radius 3 is 2.71 bits per heavy atom. The highest BCUT2D eigenvalue weighted by Crippen LogP contribution is 2.26. The second kappa shape index (κ2) is 4.79. The highest BCUT2D eigenvalue weighted by molar-refractivity contribution is 9.11. The van der Waals surface area contributed by atoms with Gasteiger partial charge in [-0.15, -0.1) is 0 Å². The fourth-order valence-corrected chi connectivity index (χ4v) is 1.63. The molecule has 14 heavy (non-hydrogen) atoms. The molecule has 0 radical (unpaired) electrons. The van der Waals surface area contributed by atoms with E-state index in [0.717, 1.165) is 14.6 Å². The van der Waals surface area contributed by atoms with Gasteiger partial charge in [0.05, 0.1) is 5.69 Å². The number of hydrogen-bond acceptors (Lipinski definition) is 2. The van der Waals surface area contributed by atoms with Crippen molar-refractivity contribution >= 4 is 43.5 Å². The molecule has 0 heterocycles. The molecule has 1 unspecified atom stereocenters. The van der Waals surface area contributed by atoms with E-state index in [2.05, 4.69) is 37.2 Å². The Hall–Kier alpha value is -0.550. The van der Waals surface area contributed by atoms with Crippen LogP contribution in [0.15, 0.2) is 27.1 Å². The molecule has 76 valence electrons. The van der Waals surface area contributed by atoms with Crippen molar-refractivity contribution in [3.05, 3.63) is 27.1 Å². The summed E-state index contributed by atoms with van der Waals surface area (Å²) in [6, 6.07) is 4.94. The molecule has 0 saturated heterocycles. The topological polar surface area (TPSA) is 49.3 Å². The molecule has 0 aliphatic rings. The summed E-state index contributed by atoms with van der Waals surface area (Å²) in [7, 11) is 0. The van der Waals surface area contributed by atoms with Crippen LogP contribution in [0.1, 0.15) is 6.92 Å². The van der Waals surface area contributed by atoms with Crippen LogP contribution < -0.4 is 5.32 Å². The first kappa shape index (κ1) is 11.5. The molecule has 0 spiro atoms. The van der Waals surface area contributed by atoms with Gasteiger partial charge in [-0.05, 0) is 41.1 Å². The lowest BCUT2D eigenvalue weighted by Crippen LogP contribution is -2.25. The molecule has 1 atom stereocenters. The monoisotopic (exact) mass is 321 g/mol. The molecule has 3 nitrogen and oxygen atoms in total. The minimum atomic E-state index is -0.878. The smallest absolute Gasteiger partial charge is 0.325 e. The van der Waals surface area contributed by atoms with Crippen LogP contribution in [0.2, 0.25) is 0 Å². The number of carbonyl (C=O) groups is 1. The minimum absolute atomic E-state index is 0.611. The molecule has 0 saturated carbocycles. The molecule has 0 bridgehead atoms. The molecule has 1 aromatic rings. The van der Waals surface area contributed by atoms with Crippen LogP contribution in [0.5, 0.6) is 0 Å². The van der Waals surface area contributed by atoms with E-state index in [1.54, 1.807) is 6.92 Å². The lowest BCUT2D eigenvalue weighted by Gasteiger charge is -2.12. The molecule has 0 amide bonds. The number of carboxylic acids is 1. The van der Waals surface area contributed by atoms with Gasteiger partial charge in [-0.1, -0.05) is 15.9 Å². The lowest BCUT2D eigenvalue weighted by atomic mass is 10.2. The van der Waals surface area contributed by atoms with Gasteiger partial charge < -0.3 is 10.4 Å². The molecule has 1 aromatic carbocycles. The summed E-state index contributed by atoms with van der Waals surface area (Å²) in [5.74, 6) is -0.878. The van der Waals surface area contributed by atoms with Crippen LogP contribution in [0.25, 0.3) is 0 Å². The minimum Gasteiger partial charge on any atom is -0.480 e. The summed E-state index contributed by atoms with van der Waals surface area (Å²) in [4.78, 5) is 10.6. The number of hydrogen-bond donors (Lipinski definition) is 2. The first-order valence-corrected chi connectivity index (χ1v) is 5.53. The summed E-state index contributed by atoms with van der Waals surface area (Å²) in [5, 5.41) is 11.6. The van der Waals surface area contributed by atoms with Crippen LogP contribution in [-0.2, 0) is 4.79 Å². The first-order valence-electron chi connectivity index (χ1n) is 3.95. The standard InChI is InChI=1S/C9H9Br2NO2/c1-5(9(13)14)12-8-4-6(10)2-3-7(8)11/h2-5,12H,1H3,(H,13,14). The van der Waals surface area contributed by atoms with Gasteiger partial charge in [0.1, 0.15) is 6.04 Å². The van der Waals surface area contributed by atoms with E-state index in [0.29, 0.717) is 0 Å². The fraction of sp³-hybridized carbons (Fsp3) is 0.222. The largest absolute Gasteiger partial charge is 0.480 e. The Morgan fingerprint density at radius 1 is 1.50 bits per heavy atom. The number of carboxylic acid groups (broad SMARTS) is 1. The summed E-state index contributed by atoms with van der Waals surface area (Å²) in [5.41, 5.74) is 0.759. The van der Waals surface area contributed by atoms with Crippen molar-refractivity contribution in [3.8, 4) is 0 Å². The SMILES string of the molecule is CC(Nc1cc(Br)ccc1Br)C(=O)O. The second-order valence-electron chi connectivity index (χ2n) is 2.83. The van der Waals surface area contributed by atoms with E-state index in [1.165, 1.54) is 0 Å². The summed E-state index contributed by atoms with van der Waals surface area (Å²) in [6.45, 7) is 1.59. The van der Waals surface area contributed by atoms with Crippen LogP contribution >= 0.6 is 31.9 Å². The number of aliphatic carboxylic acids is 1. The Bertz CT molecular complexity index is 355. The molecule has 5 heteroatoms. The lowest BCUT2D eigenvalue weighted by molar-refractivity contribution is -0.137. The number of benzene rings is 1. The first-order chi connectivity index (χ1) is 6.50. The quantitative estimate of drug-likeness (QED) is 0.899. The van der Waals surface area contributed by atoms with Gasteiger partial charge in [0.2, 0.25) is 0 Å². The molecular weight excluding hydrogens is 314 g/mol. The number of nitrogens with one attached hydrogen (secondary N) is 1. The molecule has 1 rings (SSSR count). The molecule has 0 aliphatic heterocycles. The third-order valence-corrected chi connectivity index (χ3v) is 2.86. The highest BCUT2D eigenvalue weighted by Gasteiger charge is 2.11. The zero-order valence-electron chi connectivity index (χ0n) is 7.42.